The van der Waals surface area contributed by atoms with E-state index in [1.54, 1.807) is 13.8 Å². The molecule has 2 saturated heterocycles. The Bertz CT molecular complexity index is 1200. The molecule has 2 aromatic carbocycles. The maximum Gasteiger partial charge on any atom is 0.419 e. The Balaban J connectivity index is 0.00000400. The predicted molar refractivity (Wildman–Crippen MR) is 136 cm³/mol. The standard InChI is InChI=1S/C27H29F3N4O3.ClH/c1-26(2)23(18-8-9-21(29)22(30)14-18)34(25(36)37-26)24(35)32-15-20(28)16-33-12-10-27(17-31,11-13-33)19-6-4-3-5-7-19;/h3-9,14,20,23H,10-13,15-16H2,1-2H3,(H,32,35);1H. The number of carbonyl (C=O) groups excluding carboxylic acids is 2. The fourth-order valence-electron chi connectivity index (χ4n) is 5.15. The Labute approximate surface area is 225 Å². The van der Waals surface area contributed by atoms with E-state index in [9.17, 15) is 28.0 Å². The second kappa shape index (κ2) is 11.6. The van der Waals surface area contributed by atoms with Gasteiger partial charge in [0, 0.05) is 19.6 Å². The summed E-state index contributed by atoms with van der Waals surface area (Å²) in [4.78, 5) is 28.0. The molecule has 0 radical (unpaired) electrons. The summed E-state index contributed by atoms with van der Waals surface area (Å²) >= 11 is 0. The summed E-state index contributed by atoms with van der Waals surface area (Å²) in [5.41, 5.74) is -0.685. The number of amides is 3. The highest BCUT2D eigenvalue weighted by molar-refractivity contribution is 5.93. The van der Waals surface area contributed by atoms with Gasteiger partial charge in [-0.25, -0.2) is 27.7 Å². The highest BCUT2D eigenvalue weighted by Gasteiger charge is 2.51. The van der Waals surface area contributed by atoms with Crippen molar-refractivity contribution in [1.29, 1.82) is 5.26 Å². The van der Waals surface area contributed by atoms with Crippen molar-refractivity contribution >= 4 is 24.5 Å². The van der Waals surface area contributed by atoms with Gasteiger partial charge in [0.05, 0.1) is 18.0 Å². The topological polar surface area (TPSA) is 85.7 Å². The number of imide groups is 1. The molecule has 4 rings (SSSR count). The first kappa shape index (κ1) is 29.3. The highest BCUT2D eigenvalue weighted by Crippen LogP contribution is 2.41. The number of urea groups is 1. The molecular weight excluding hydrogens is 521 g/mol. The van der Waals surface area contributed by atoms with Crippen LogP contribution in [0.3, 0.4) is 0 Å². The zero-order chi connectivity index (χ0) is 26.8. The number of piperidine rings is 1. The third kappa shape index (κ3) is 5.89. The number of nitrogens with zero attached hydrogens (tertiary/aromatic N) is 3. The van der Waals surface area contributed by atoms with E-state index in [-0.39, 0.29) is 31.1 Å². The van der Waals surface area contributed by atoms with Crippen molar-refractivity contribution in [2.24, 2.45) is 0 Å². The summed E-state index contributed by atoms with van der Waals surface area (Å²) in [5.74, 6) is -2.18. The number of rotatable bonds is 6. The van der Waals surface area contributed by atoms with Crippen LogP contribution in [0.4, 0.5) is 22.8 Å². The van der Waals surface area contributed by atoms with Crippen LogP contribution in [-0.4, -0.2) is 59.9 Å². The molecule has 2 aromatic rings. The minimum Gasteiger partial charge on any atom is -0.440 e. The quantitative estimate of drug-likeness (QED) is 0.530. The predicted octanol–water partition coefficient (Wildman–Crippen LogP) is 5.26. The molecule has 0 aliphatic carbocycles. The lowest BCUT2D eigenvalue weighted by atomic mass is 9.74. The van der Waals surface area contributed by atoms with Crippen molar-refractivity contribution in [1.82, 2.24) is 15.1 Å². The number of nitrogens with one attached hydrogen (secondary N) is 1. The lowest BCUT2D eigenvalue weighted by molar-refractivity contribution is 0.0676. The van der Waals surface area contributed by atoms with E-state index in [0.29, 0.717) is 25.9 Å². The second-order valence-corrected chi connectivity index (χ2v) is 10.1. The summed E-state index contributed by atoms with van der Waals surface area (Å²) in [7, 11) is 0. The number of likely N-dealkylation sites (tertiary alicyclic amines) is 1. The number of cyclic esters (lactones) is 1. The molecule has 38 heavy (non-hydrogen) atoms. The van der Waals surface area contributed by atoms with Crippen molar-refractivity contribution in [2.45, 2.75) is 49.9 Å². The van der Waals surface area contributed by atoms with Gasteiger partial charge in [0.1, 0.15) is 17.8 Å². The summed E-state index contributed by atoms with van der Waals surface area (Å²) < 4.78 is 47.4. The molecule has 11 heteroatoms. The molecule has 1 N–H and O–H groups in total. The molecule has 204 valence electrons. The number of alkyl halides is 1. The van der Waals surface area contributed by atoms with Crippen LogP contribution in [0, 0.1) is 23.0 Å². The zero-order valence-electron chi connectivity index (χ0n) is 21.1. The molecule has 0 aromatic heterocycles. The molecule has 2 aliphatic heterocycles. The van der Waals surface area contributed by atoms with Gasteiger partial charge in [-0.2, -0.15) is 5.26 Å². The van der Waals surface area contributed by atoms with Crippen molar-refractivity contribution in [2.75, 3.05) is 26.2 Å². The number of hydrogen-bond donors (Lipinski definition) is 1. The van der Waals surface area contributed by atoms with Crippen LogP contribution < -0.4 is 5.32 Å². The fraction of sp³-hybridized carbons (Fsp3) is 0.444. The molecule has 7 nitrogen and oxygen atoms in total. The van der Waals surface area contributed by atoms with Crippen LogP contribution in [0.1, 0.15) is 43.9 Å². The first-order valence-corrected chi connectivity index (χ1v) is 12.1. The Kier molecular flexibility index (Phi) is 8.95. The molecule has 2 aliphatic rings. The van der Waals surface area contributed by atoms with Gasteiger partial charge >= 0.3 is 12.1 Å². The van der Waals surface area contributed by atoms with Crippen LogP contribution in [0.2, 0.25) is 0 Å². The molecule has 2 fully saturated rings. The van der Waals surface area contributed by atoms with E-state index < -0.39 is 47.0 Å². The van der Waals surface area contributed by atoms with Crippen LogP contribution in [-0.2, 0) is 10.2 Å². The minimum atomic E-state index is -1.43. The summed E-state index contributed by atoms with van der Waals surface area (Å²) in [5, 5.41) is 12.3. The van der Waals surface area contributed by atoms with Crippen LogP contribution in [0.5, 0.6) is 0 Å². The van der Waals surface area contributed by atoms with Gasteiger partial charge in [-0.15, -0.1) is 12.4 Å². The summed E-state index contributed by atoms with van der Waals surface area (Å²) in [6.45, 7) is 3.86. The van der Waals surface area contributed by atoms with Gasteiger partial charge in [0.15, 0.2) is 11.6 Å². The number of nitriles is 1. The van der Waals surface area contributed by atoms with Crippen molar-refractivity contribution in [3.8, 4) is 6.07 Å². The third-order valence-electron chi connectivity index (χ3n) is 7.12. The largest absolute Gasteiger partial charge is 0.440 e. The zero-order valence-corrected chi connectivity index (χ0v) is 21.9. The van der Waals surface area contributed by atoms with E-state index in [0.717, 1.165) is 22.6 Å². The smallest absolute Gasteiger partial charge is 0.419 e. The average molecular weight is 551 g/mol. The number of hydrogen-bond acceptors (Lipinski definition) is 5. The fourth-order valence-corrected chi connectivity index (χ4v) is 5.15. The van der Waals surface area contributed by atoms with Gasteiger partial charge in [-0.05, 0) is 49.9 Å². The normalized spacial score (nSPS) is 21.1. The maximum atomic E-state index is 14.9. The molecule has 0 bridgehead atoms. The first-order chi connectivity index (χ1) is 17.6. The molecule has 2 unspecified atom stereocenters. The van der Waals surface area contributed by atoms with Crippen molar-refractivity contribution in [3.05, 3.63) is 71.3 Å². The monoisotopic (exact) mass is 550 g/mol. The molecule has 2 heterocycles. The molecule has 0 saturated carbocycles. The van der Waals surface area contributed by atoms with E-state index in [1.165, 1.54) is 6.07 Å². The van der Waals surface area contributed by atoms with E-state index >= 15 is 0 Å². The molecule has 2 atom stereocenters. The average Bonchev–Trinajstić information content (AvgIpc) is 3.13. The number of halogens is 4. The summed E-state index contributed by atoms with van der Waals surface area (Å²) in [6.07, 6.45) is -1.25. The number of ether oxygens (including phenoxy) is 1. The SMILES string of the molecule is CC1(C)OC(=O)N(C(=O)NCC(F)CN2CCC(C#N)(c3ccccc3)CC2)C1c1ccc(F)c(F)c1.Cl. The van der Waals surface area contributed by atoms with Crippen LogP contribution in [0.25, 0.3) is 0 Å². The van der Waals surface area contributed by atoms with Gasteiger partial charge in [0.25, 0.3) is 0 Å². The highest BCUT2D eigenvalue weighted by atomic mass is 35.5. The van der Waals surface area contributed by atoms with Crippen molar-refractivity contribution in [3.63, 3.8) is 0 Å². The third-order valence-corrected chi connectivity index (χ3v) is 7.12. The Morgan fingerprint density at radius 3 is 2.42 bits per heavy atom. The Hall–Kier alpha value is -3.29. The van der Waals surface area contributed by atoms with Crippen molar-refractivity contribution < 1.29 is 27.5 Å². The van der Waals surface area contributed by atoms with E-state index in [4.69, 9.17) is 4.74 Å². The Morgan fingerprint density at radius 2 is 1.82 bits per heavy atom. The van der Waals surface area contributed by atoms with E-state index in [1.807, 2.05) is 35.2 Å². The van der Waals surface area contributed by atoms with Gasteiger partial charge in [0.2, 0.25) is 0 Å². The molecule has 3 amide bonds. The summed E-state index contributed by atoms with van der Waals surface area (Å²) in [6, 6.07) is 13.2. The Morgan fingerprint density at radius 1 is 1.16 bits per heavy atom. The van der Waals surface area contributed by atoms with Crippen LogP contribution in [0.15, 0.2) is 48.5 Å². The lowest BCUT2D eigenvalue weighted by Gasteiger charge is -2.38. The lowest BCUT2D eigenvalue weighted by Crippen LogP contribution is -2.48. The first-order valence-electron chi connectivity index (χ1n) is 12.1. The van der Waals surface area contributed by atoms with Crippen LogP contribution >= 0.6 is 12.4 Å². The number of benzene rings is 2. The van der Waals surface area contributed by atoms with Gasteiger partial charge in [-0.3, -0.25) is 0 Å². The maximum absolute atomic E-state index is 14.9. The van der Waals surface area contributed by atoms with Gasteiger partial charge < -0.3 is 15.0 Å². The minimum absolute atomic E-state index is 0. The second-order valence-electron chi connectivity index (χ2n) is 10.1. The van der Waals surface area contributed by atoms with Gasteiger partial charge in [-0.1, -0.05) is 36.4 Å². The number of carbonyl (C=O) groups is 2. The van der Waals surface area contributed by atoms with E-state index in [2.05, 4.69) is 11.4 Å². The molecule has 0 spiro atoms. The molecular formula is C27H30ClF3N4O3.